The van der Waals surface area contributed by atoms with E-state index in [1.165, 1.54) is 27.2 Å². The topological polar surface area (TPSA) is 34.5 Å². The van der Waals surface area contributed by atoms with E-state index in [1.807, 2.05) is 24.3 Å². The van der Waals surface area contributed by atoms with Crippen molar-refractivity contribution in [2.75, 3.05) is 4.90 Å². The van der Waals surface area contributed by atoms with Crippen LogP contribution < -0.4 is 4.90 Å². The fraction of sp³-hybridized carbons (Fsp3) is 0. The molecule has 0 amide bonds. The summed E-state index contributed by atoms with van der Waals surface area (Å²) in [6.07, 6.45) is 0. The SMILES string of the molecule is c1ccc(-n2c3ccccc3c3cc(N(c4ccc5cc6c(cc5c4)oc4ccccc46)c4ccc5c(c4)oc4ccccc45)ccc32)cc1. The van der Waals surface area contributed by atoms with Crippen LogP contribution in [-0.2, 0) is 0 Å². The maximum absolute atomic E-state index is 6.40. The molecule has 0 fully saturated rings. The van der Waals surface area contributed by atoms with Gasteiger partial charge in [-0.15, -0.1) is 0 Å². The smallest absolute Gasteiger partial charge is 0.137 e. The molecule has 0 saturated carbocycles. The van der Waals surface area contributed by atoms with Crippen molar-refractivity contribution in [3.63, 3.8) is 0 Å². The Labute approximate surface area is 286 Å². The van der Waals surface area contributed by atoms with Gasteiger partial charge in [0.2, 0.25) is 0 Å². The number of nitrogens with zero attached hydrogens (tertiary/aromatic N) is 2. The summed E-state index contributed by atoms with van der Waals surface area (Å²) in [6.45, 7) is 0. The average molecular weight is 641 g/mol. The fourth-order valence-electron chi connectivity index (χ4n) is 7.85. The first kappa shape index (κ1) is 27.2. The number of anilines is 3. The second kappa shape index (κ2) is 10.4. The molecule has 0 aliphatic rings. The normalized spacial score (nSPS) is 12.0. The Bertz CT molecular complexity index is 3110. The molecule has 0 N–H and O–H groups in total. The molecule has 0 atom stereocenters. The van der Waals surface area contributed by atoms with Crippen LogP contribution in [-0.4, -0.2) is 4.57 Å². The number of para-hydroxylation sites is 4. The molecule has 8 aromatic carbocycles. The third-order valence-electron chi connectivity index (χ3n) is 10.1. The Balaban J connectivity index is 1.15. The van der Waals surface area contributed by atoms with Gasteiger partial charge in [0, 0.05) is 61.1 Å². The zero-order chi connectivity index (χ0) is 32.8. The molecule has 0 radical (unpaired) electrons. The van der Waals surface area contributed by atoms with Crippen molar-refractivity contribution < 1.29 is 8.83 Å². The van der Waals surface area contributed by atoms with E-state index in [2.05, 4.69) is 155 Å². The summed E-state index contributed by atoms with van der Waals surface area (Å²) in [5, 5.41) is 9.19. The van der Waals surface area contributed by atoms with Crippen LogP contribution in [0.5, 0.6) is 0 Å². The predicted octanol–water partition coefficient (Wildman–Crippen LogP) is 13.2. The maximum atomic E-state index is 6.40. The molecule has 3 aromatic heterocycles. The molecule has 234 valence electrons. The molecule has 0 unspecified atom stereocenters. The van der Waals surface area contributed by atoms with Crippen LogP contribution in [0, 0.1) is 0 Å². The number of benzene rings is 8. The molecular weight excluding hydrogens is 613 g/mol. The van der Waals surface area contributed by atoms with E-state index in [9.17, 15) is 0 Å². The molecule has 0 saturated heterocycles. The van der Waals surface area contributed by atoms with Crippen LogP contribution in [0.2, 0.25) is 0 Å². The van der Waals surface area contributed by atoms with E-state index < -0.39 is 0 Å². The van der Waals surface area contributed by atoms with Crippen molar-refractivity contribution in [1.82, 2.24) is 4.57 Å². The Morgan fingerprint density at radius 1 is 0.340 bits per heavy atom. The van der Waals surface area contributed by atoms with Crippen molar-refractivity contribution in [3.05, 3.63) is 170 Å². The molecule has 4 heteroatoms. The maximum Gasteiger partial charge on any atom is 0.137 e. The number of furan rings is 2. The van der Waals surface area contributed by atoms with Gasteiger partial charge >= 0.3 is 0 Å². The van der Waals surface area contributed by atoms with E-state index in [0.717, 1.165) is 72.0 Å². The highest BCUT2D eigenvalue weighted by Crippen LogP contribution is 2.43. The predicted molar refractivity (Wildman–Crippen MR) is 208 cm³/mol. The summed E-state index contributed by atoms with van der Waals surface area (Å²) in [4.78, 5) is 2.34. The van der Waals surface area contributed by atoms with Gasteiger partial charge < -0.3 is 18.3 Å². The van der Waals surface area contributed by atoms with Crippen LogP contribution >= 0.6 is 0 Å². The molecule has 0 aliphatic heterocycles. The zero-order valence-corrected chi connectivity index (χ0v) is 26.9. The first-order chi connectivity index (χ1) is 24.8. The van der Waals surface area contributed by atoms with Gasteiger partial charge in [-0.1, -0.05) is 78.9 Å². The minimum Gasteiger partial charge on any atom is -0.456 e. The number of hydrogen-bond donors (Lipinski definition) is 0. The Hall–Kier alpha value is -6.78. The highest BCUT2D eigenvalue weighted by molar-refractivity contribution is 6.12. The van der Waals surface area contributed by atoms with Crippen molar-refractivity contribution in [2.24, 2.45) is 0 Å². The Morgan fingerprint density at radius 2 is 0.920 bits per heavy atom. The zero-order valence-electron chi connectivity index (χ0n) is 26.9. The highest BCUT2D eigenvalue weighted by Gasteiger charge is 2.19. The minimum absolute atomic E-state index is 0.861. The number of rotatable bonds is 4. The van der Waals surface area contributed by atoms with Gasteiger partial charge in [0.1, 0.15) is 22.3 Å². The summed E-state index contributed by atoms with van der Waals surface area (Å²) < 4.78 is 15.1. The number of fused-ring (bicyclic) bond motifs is 10. The van der Waals surface area contributed by atoms with E-state index in [-0.39, 0.29) is 0 Å². The lowest BCUT2D eigenvalue weighted by molar-refractivity contribution is 0.669. The summed E-state index contributed by atoms with van der Waals surface area (Å²) in [5.74, 6) is 0. The third kappa shape index (κ3) is 3.99. The lowest BCUT2D eigenvalue weighted by Gasteiger charge is -2.26. The summed E-state index contributed by atoms with van der Waals surface area (Å²) in [7, 11) is 0. The summed E-state index contributed by atoms with van der Waals surface area (Å²) >= 11 is 0. The van der Waals surface area contributed by atoms with Gasteiger partial charge in [0.05, 0.1) is 11.0 Å². The fourth-order valence-corrected chi connectivity index (χ4v) is 7.85. The second-order valence-corrected chi connectivity index (χ2v) is 13.0. The van der Waals surface area contributed by atoms with Crippen molar-refractivity contribution in [2.45, 2.75) is 0 Å². The largest absolute Gasteiger partial charge is 0.456 e. The van der Waals surface area contributed by atoms with Crippen LogP contribution in [0.1, 0.15) is 0 Å². The average Bonchev–Trinajstić information content (AvgIpc) is 3.83. The van der Waals surface area contributed by atoms with Crippen LogP contribution in [0.25, 0.3) is 82.1 Å². The van der Waals surface area contributed by atoms with Crippen LogP contribution in [0.15, 0.2) is 179 Å². The van der Waals surface area contributed by atoms with Gasteiger partial charge in [-0.25, -0.2) is 0 Å². The summed E-state index contributed by atoms with van der Waals surface area (Å²) in [6, 6.07) is 60.2. The quantitative estimate of drug-likeness (QED) is 0.192. The Kier molecular flexibility index (Phi) is 5.63. The van der Waals surface area contributed by atoms with E-state index in [4.69, 9.17) is 8.83 Å². The molecule has 0 bridgehead atoms. The van der Waals surface area contributed by atoms with Gasteiger partial charge in [-0.05, 0) is 95.7 Å². The standard InChI is InChI=1S/C46H28N2O2/c1-2-10-31(11-3-1)48-41-15-7-4-12-35(41)39-27-33(21-23-42(39)48)47(34-20-22-38-36-13-5-8-16-43(36)50-46(38)28-34)32-19-18-29-25-40-37-14-6-9-17-44(37)49-45(40)26-30(29)24-32/h1-28H. The van der Waals surface area contributed by atoms with Crippen molar-refractivity contribution in [3.8, 4) is 5.69 Å². The molecule has 4 nitrogen and oxygen atoms in total. The first-order valence-corrected chi connectivity index (χ1v) is 16.9. The molecular formula is C46H28N2O2. The molecule has 11 aromatic rings. The molecule has 3 heterocycles. The van der Waals surface area contributed by atoms with E-state index in [0.29, 0.717) is 0 Å². The lowest BCUT2D eigenvalue weighted by atomic mass is 10.0. The highest BCUT2D eigenvalue weighted by atomic mass is 16.3. The van der Waals surface area contributed by atoms with Gasteiger partial charge in [-0.2, -0.15) is 0 Å². The number of aromatic nitrogens is 1. The monoisotopic (exact) mass is 640 g/mol. The van der Waals surface area contributed by atoms with Crippen LogP contribution in [0.4, 0.5) is 17.1 Å². The molecule has 0 aliphatic carbocycles. The lowest BCUT2D eigenvalue weighted by Crippen LogP contribution is -2.10. The first-order valence-electron chi connectivity index (χ1n) is 16.9. The molecule has 11 rings (SSSR count). The van der Waals surface area contributed by atoms with E-state index in [1.54, 1.807) is 0 Å². The van der Waals surface area contributed by atoms with Crippen LogP contribution in [0.3, 0.4) is 0 Å². The summed E-state index contributed by atoms with van der Waals surface area (Å²) in [5.41, 5.74) is 10.2. The molecule has 0 spiro atoms. The van der Waals surface area contributed by atoms with E-state index >= 15 is 0 Å². The van der Waals surface area contributed by atoms with Gasteiger partial charge in [-0.3, -0.25) is 0 Å². The minimum atomic E-state index is 0.861. The molecule has 50 heavy (non-hydrogen) atoms. The van der Waals surface area contributed by atoms with Gasteiger partial charge in [0.15, 0.2) is 0 Å². The van der Waals surface area contributed by atoms with Crippen molar-refractivity contribution in [1.29, 1.82) is 0 Å². The second-order valence-electron chi connectivity index (χ2n) is 13.0. The third-order valence-corrected chi connectivity index (χ3v) is 10.1. The Morgan fingerprint density at radius 3 is 1.74 bits per heavy atom. The number of hydrogen-bond acceptors (Lipinski definition) is 3. The van der Waals surface area contributed by atoms with Crippen molar-refractivity contribution >= 4 is 93.5 Å². The van der Waals surface area contributed by atoms with Gasteiger partial charge in [0.25, 0.3) is 0 Å².